The summed E-state index contributed by atoms with van der Waals surface area (Å²) in [5.41, 5.74) is 2.38. The van der Waals surface area contributed by atoms with Crippen LogP contribution in [0.25, 0.3) is 0 Å². The molecular formula is C24H33F3N2O2. The third-order valence-corrected chi connectivity index (χ3v) is 4.07. The average Bonchev–Trinajstić information content (AvgIpc) is 2.69. The molecule has 0 aliphatic heterocycles. The number of halogens is 3. The molecule has 0 saturated heterocycles. The highest BCUT2D eigenvalue weighted by atomic mass is 19.4. The van der Waals surface area contributed by atoms with E-state index in [1.165, 1.54) is 31.3 Å². The lowest BCUT2D eigenvalue weighted by molar-refractivity contribution is -0.276. The van der Waals surface area contributed by atoms with Gasteiger partial charge in [0.25, 0.3) is 0 Å². The number of hydrogen-bond donors (Lipinski definition) is 1. The third-order valence-electron chi connectivity index (χ3n) is 4.07. The minimum Gasteiger partial charge on any atom is -0.388 e. The van der Waals surface area contributed by atoms with Crippen LogP contribution in [0.5, 0.6) is 5.88 Å². The van der Waals surface area contributed by atoms with Gasteiger partial charge in [0.05, 0.1) is 11.9 Å². The van der Waals surface area contributed by atoms with Gasteiger partial charge in [-0.15, -0.1) is 13.2 Å². The van der Waals surface area contributed by atoms with Crippen LogP contribution >= 0.6 is 0 Å². The molecule has 1 aromatic rings. The summed E-state index contributed by atoms with van der Waals surface area (Å²) in [5.74, 6) is -0.0971. The first-order valence-corrected chi connectivity index (χ1v) is 10.2. The van der Waals surface area contributed by atoms with Crippen LogP contribution < -0.4 is 10.1 Å². The van der Waals surface area contributed by atoms with Crippen molar-refractivity contribution in [3.8, 4) is 5.88 Å². The Balaban J connectivity index is 0.00000161. The molecule has 0 fully saturated rings. The number of carbonyl (C=O) groups excluding carboxylic acids is 1. The number of ketones is 1. The van der Waals surface area contributed by atoms with E-state index in [4.69, 9.17) is 0 Å². The summed E-state index contributed by atoms with van der Waals surface area (Å²) >= 11 is 0. The molecule has 0 saturated carbocycles. The van der Waals surface area contributed by atoms with Crippen molar-refractivity contribution in [2.75, 3.05) is 5.32 Å². The van der Waals surface area contributed by atoms with Crippen molar-refractivity contribution in [2.45, 2.75) is 59.7 Å². The quantitative estimate of drug-likeness (QED) is 0.289. The van der Waals surface area contributed by atoms with Gasteiger partial charge in [-0.2, -0.15) is 0 Å². The van der Waals surface area contributed by atoms with Crippen LogP contribution in [-0.4, -0.2) is 17.1 Å². The van der Waals surface area contributed by atoms with Gasteiger partial charge in [0.2, 0.25) is 5.88 Å². The maximum atomic E-state index is 12.2. The van der Waals surface area contributed by atoms with Crippen molar-refractivity contribution in [3.05, 3.63) is 67.1 Å². The molecule has 1 rings (SSSR count). The van der Waals surface area contributed by atoms with Gasteiger partial charge in [0, 0.05) is 11.8 Å². The summed E-state index contributed by atoms with van der Waals surface area (Å²) in [6.45, 7) is 15.0. The largest absolute Gasteiger partial charge is 0.574 e. The number of anilines is 1. The number of nitrogens with one attached hydrogen (secondary N) is 1. The summed E-state index contributed by atoms with van der Waals surface area (Å²) in [6, 6.07) is 2.66. The van der Waals surface area contributed by atoms with Gasteiger partial charge >= 0.3 is 6.36 Å². The van der Waals surface area contributed by atoms with Gasteiger partial charge in [-0.25, -0.2) is 4.98 Å². The molecule has 0 bridgehead atoms. The van der Waals surface area contributed by atoms with E-state index in [0.29, 0.717) is 11.6 Å². The molecule has 0 unspecified atom stereocenters. The van der Waals surface area contributed by atoms with E-state index in [0.717, 1.165) is 37.0 Å². The third kappa shape index (κ3) is 13.2. The second-order valence-electron chi connectivity index (χ2n) is 6.77. The van der Waals surface area contributed by atoms with Gasteiger partial charge in [-0.3, -0.25) is 4.79 Å². The number of pyridine rings is 1. The van der Waals surface area contributed by atoms with E-state index in [1.54, 1.807) is 0 Å². The highest BCUT2D eigenvalue weighted by Gasteiger charge is 2.31. The Kier molecular flexibility index (Phi) is 13.7. The second kappa shape index (κ2) is 15.0. The molecular weight excluding hydrogens is 405 g/mol. The maximum absolute atomic E-state index is 12.2. The normalized spacial score (nSPS) is 11.7. The average molecular weight is 439 g/mol. The molecule has 0 aliphatic rings. The SMILES string of the molecule is C=C(Nc1ccc(OC(F)(F)F)nc1)/C(=C\C=C/C)C(CCC)CCC.C=CC(C)=O. The fraction of sp³-hybridized carbons (Fsp3) is 0.417. The van der Waals surface area contributed by atoms with Gasteiger partial charge < -0.3 is 10.1 Å². The van der Waals surface area contributed by atoms with Crippen LogP contribution in [0.1, 0.15) is 53.4 Å². The first kappa shape index (κ1) is 28.2. The molecule has 4 nitrogen and oxygen atoms in total. The molecule has 0 atom stereocenters. The lowest BCUT2D eigenvalue weighted by atomic mass is 9.88. The monoisotopic (exact) mass is 438 g/mol. The van der Waals surface area contributed by atoms with Crippen LogP contribution in [0, 0.1) is 5.92 Å². The number of hydrogen-bond acceptors (Lipinski definition) is 4. The molecule has 0 aromatic carbocycles. The molecule has 0 radical (unpaired) electrons. The number of nitrogens with zero attached hydrogens (tertiary/aromatic N) is 1. The molecule has 1 aromatic heterocycles. The fourth-order valence-electron chi connectivity index (χ4n) is 2.71. The Morgan fingerprint density at radius 2 is 1.84 bits per heavy atom. The van der Waals surface area contributed by atoms with E-state index in [9.17, 15) is 18.0 Å². The van der Waals surface area contributed by atoms with Gasteiger partial charge in [0.15, 0.2) is 5.78 Å². The predicted molar refractivity (Wildman–Crippen MR) is 121 cm³/mol. The Bertz CT molecular complexity index is 745. The number of ether oxygens (including phenoxy) is 1. The Morgan fingerprint density at radius 1 is 1.26 bits per heavy atom. The van der Waals surface area contributed by atoms with Gasteiger partial charge in [-0.1, -0.05) is 58.1 Å². The smallest absolute Gasteiger partial charge is 0.388 e. The van der Waals surface area contributed by atoms with E-state index in [2.05, 4.69) is 42.0 Å². The molecule has 1 N–H and O–H groups in total. The van der Waals surface area contributed by atoms with Crippen molar-refractivity contribution in [1.82, 2.24) is 4.98 Å². The second-order valence-corrected chi connectivity index (χ2v) is 6.77. The van der Waals surface area contributed by atoms with Crippen molar-refractivity contribution in [1.29, 1.82) is 0 Å². The summed E-state index contributed by atoms with van der Waals surface area (Å²) in [5, 5.41) is 3.14. The number of allylic oxidation sites excluding steroid dienone is 5. The zero-order valence-electron chi connectivity index (χ0n) is 18.8. The zero-order valence-corrected chi connectivity index (χ0v) is 18.8. The van der Waals surface area contributed by atoms with Crippen LogP contribution in [0.3, 0.4) is 0 Å². The maximum Gasteiger partial charge on any atom is 0.574 e. The van der Waals surface area contributed by atoms with E-state index < -0.39 is 12.2 Å². The molecule has 1 heterocycles. The minimum atomic E-state index is -4.75. The van der Waals surface area contributed by atoms with Crippen molar-refractivity contribution >= 4 is 11.5 Å². The van der Waals surface area contributed by atoms with Crippen molar-refractivity contribution in [2.24, 2.45) is 5.92 Å². The molecule has 7 heteroatoms. The molecule has 0 spiro atoms. The highest BCUT2D eigenvalue weighted by molar-refractivity contribution is 5.86. The number of aromatic nitrogens is 1. The summed E-state index contributed by atoms with van der Waals surface area (Å²) in [4.78, 5) is 13.4. The Morgan fingerprint density at radius 3 is 2.23 bits per heavy atom. The van der Waals surface area contributed by atoms with Crippen LogP contribution in [-0.2, 0) is 4.79 Å². The number of carbonyl (C=O) groups is 1. The predicted octanol–water partition coefficient (Wildman–Crippen LogP) is 7.39. The van der Waals surface area contributed by atoms with Gasteiger partial charge in [0.1, 0.15) is 0 Å². The standard InChI is InChI=1S/C20H27F3N2O.C4H6O/c1-5-8-11-18(16(9-6-2)10-7-3)15(4)25-17-12-13-19(24-14-17)26-20(21,22)23;1-3-4(2)5/h5,8,11-14,16,25H,4,6-7,9-10H2,1-3H3;3H,1H2,2H3/b8-5-,18-11+;. The lowest BCUT2D eigenvalue weighted by Gasteiger charge is -2.22. The minimum absolute atomic E-state index is 0.0185. The first-order valence-electron chi connectivity index (χ1n) is 10.2. The van der Waals surface area contributed by atoms with Crippen molar-refractivity contribution in [3.63, 3.8) is 0 Å². The topological polar surface area (TPSA) is 51.2 Å². The van der Waals surface area contributed by atoms with Crippen LogP contribution in [0.15, 0.2) is 67.1 Å². The van der Waals surface area contributed by atoms with E-state index in [-0.39, 0.29) is 5.78 Å². The summed E-state index contributed by atoms with van der Waals surface area (Å²) in [6.07, 6.45) is 8.02. The van der Waals surface area contributed by atoms with Crippen LogP contribution in [0.4, 0.5) is 18.9 Å². The molecule has 0 amide bonds. The van der Waals surface area contributed by atoms with Gasteiger partial charge in [-0.05, 0) is 50.3 Å². The Labute approximate surface area is 183 Å². The van der Waals surface area contributed by atoms with Crippen molar-refractivity contribution < 1.29 is 22.7 Å². The summed E-state index contributed by atoms with van der Waals surface area (Å²) < 4.78 is 40.4. The van der Waals surface area contributed by atoms with Crippen LogP contribution in [0.2, 0.25) is 0 Å². The highest BCUT2D eigenvalue weighted by Crippen LogP contribution is 2.29. The lowest BCUT2D eigenvalue weighted by Crippen LogP contribution is -2.18. The fourth-order valence-corrected chi connectivity index (χ4v) is 2.71. The molecule has 172 valence electrons. The molecule has 0 aliphatic carbocycles. The molecule has 31 heavy (non-hydrogen) atoms. The first-order chi connectivity index (χ1) is 14.6. The summed E-state index contributed by atoms with van der Waals surface area (Å²) in [7, 11) is 0. The Hall–Kier alpha value is -2.83. The zero-order chi connectivity index (χ0) is 23.9. The van der Waals surface area contributed by atoms with E-state index >= 15 is 0 Å². The van der Waals surface area contributed by atoms with E-state index in [1.807, 2.05) is 25.2 Å². The number of rotatable bonds is 11. The number of alkyl halides is 3.